The van der Waals surface area contributed by atoms with Crippen molar-refractivity contribution >= 4 is 0 Å². The van der Waals surface area contributed by atoms with Crippen molar-refractivity contribution in [3.63, 3.8) is 0 Å². The Morgan fingerprint density at radius 3 is 2.17 bits per heavy atom. The summed E-state index contributed by atoms with van der Waals surface area (Å²) in [6.07, 6.45) is 3.74. The molecule has 1 aromatic carbocycles. The van der Waals surface area contributed by atoms with Crippen LogP contribution in [0.3, 0.4) is 0 Å². The van der Waals surface area contributed by atoms with Gasteiger partial charge in [0.15, 0.2) is 11.5 Å². The Morgan fingerprint density at radius 2 is 1.78 bits per heavy atom. The highest BCUT2D eigenvalue weighted by atomic mass is 16.5. The van der Waals surface area contributed by atoms with Crippen molar-refractivity contribution in [2.75, 3.05) is 14.2 Å². The Hall–Kier alpha value is -1.42. The standard InChI is InChI=1S/C14H21NO3/c1-14(5-4-6-14)15-9-10-7-11(17-2)13(16)12(8-10)18-3/h7-8,15-16H,4-6,9H2,1-3H3. The normalized spacial score (nSPS) is 17.1. The third-order valence-corrected chi connectivity index (χ3v) is 3.72. The van der Waals surface area contributed by atoms with E-state index < -0.39 is 0 Å². The molecule has 0 amide bonds. The Labute approximate surface area is 108 Å². The molecule has 0 bridgehead atoms. The summed E-state index contributed by atoms with van der Waals surface area (Å²) in [6, 6.07) is 3.68. The Bertz CT molecular complexity index is 402. The molecule has 1 aromatic rings. The van der Waals surface area contributed by atoms with Gasteiger partial charge in [0, 0.05) is 12.1 Å². The van der Waals surface area contributed by atoms with Crippen LogP contribution in [0.1, 0.15) is 31.7 Å². The lowest BCUT2D eigenvalue weighted by atomic mass is 9.78. The van der Waals surface area contributed by atoms with Crippen molar-refractivity contribution in [1.29, 1.82) is 0 Å². The lowest BCUT2D eigenvalue weighted by molar-refractivity contribution is 0.206. The fourth-order valence-electron chi connectivity index (χ4n) is 2.25. The topological polar surface area (TPSA) is 50.7 Å². The minimum absolute atomic E-state index is 0.0543. The zero-order valence-corrected chi connectivity index (χ0v) is 11.2. The van der Waals surface area contributed by atoms with E-state index >= 15 is 0 Å². The number of methoxy groups -OCH3 is 2. The van der Waals surface area contributed by atoms with E-state index in [1.807, 2.05) is 12.1 Å². The van der Waals surface area contributed by atoms with Crippen LogP contribution in [0.25, 0.3) is 0 Å². The summed E-state index contributed by atoms with van der Waals surface area (Å²) in [5.74, 6) is 0.952. The van der Waals surface area contributed by atoms with Gasteiger partial charge in [-0.05, 0) is 43.9 Å². The molecule has 0 heterocycles. The maximum Gasteiger partial charge on any atom is 0.200 e. The summed E-state index contributed by atoms with van der Waals surface area (Å²) in [7, 11) is 3.08. The van der Waals surface area contributed by atoms with Crippen LogP contribution in [0.4, 0.5) is 0 Å². The first kappa shape index (κ1) is 13.0. The first-order valence-electron chi connectivity index (χ1n) is 6.27. The maximum absolute atomic E-state index is 9.83. The van der Waals surface area contributed by atoms with Gasteiger partial charge in [-0.15, -0.1) is 0 Å². The molecule has 1 aliphatic rings. The highest BCUT2D eigenvalue weighted by Crippen LogP contribution is 2.37. The first-order chi connectivity index (χ1) is 8.58. The van der Waals surface area contributed by atoms with E-state index in [2.05, 4.69) is 12.2 Å². The van der Waals surface area contributed by atoms with Crippen LogP contribution >= 0.6 is 0 Å². The summed E-state index contributed by atoms with van der Waals surface area (Å²) < 4.78 is 10.3. The third-order valence-electron chi connectivity index (χ3n) is 3.72. The Morgan fingerprint density at radius 1 is 1.22 bits per heavy atom. The predicted octanol–water partition coefficient (Wildman–Crippen LogP) is 2.44. The molecule has 0 spiro atoms. The van der Waals surface area contributed by atoms with E-state index in [0.29, 0.717) is 11.5 Å². The molecule has 4 nitrogen and oxygen atoms in total. The molecule has 0 atom stereocenters. The average molecular weight is 251 g/mol. The van der Waals surface area contributed by atoms with Crippen molar-refractivity contribution in [3.05, 3.63) is 17.7 Å². The average Bonchev–Trinajstić information content (AvgIpc) is 2.35. The van der Waals surface area contributed by atoms with Gasteiger partial charge in [-0.1, -0.05) is 0 Å². The first-order valence-corrected chi connectivity index (χ1v) is 6.27. The zero-order valence-electron chi connectivity index (χ0n) is 11.2. The van der Waals surface area contributed by atoms with Crippen LogP contribution in [-0.4, -0.2) is 24.9 Å². The van der Waals surface area contributed by atoms with Crippen molar-refractivity contribution in [1.82, 2.24) is 5.32 Å². The van der Waals surface area contributed by atoms with Gasteiger partial charge < -0.3 is 19.9 Å². The molecule has 18 heavy (non-hydrogen) atoms. The molecule has 0 saturated heterocycles. The van der Waals surface area contributed by atoms with E-state index in [0.717, 1.165) is 12.1 Å². The zero-order chi connectivity index (χ0) is 13.2. The highest BCUT2D eigenvalue weighted by molar-refractivity contribution is 5.52. The lowest BCUT2D eigenvalue weighted by Crippen LogP contribution is -2.47. The second-order valence-electron chi connectivity index (χ2n) is 5.12. The molecule has 0 radical (unpaired) electrons. The third kappa shape index (κ3) is 2.53. The Kier molecular flexibility index (Phi) is 3.66. The minimum atomic E-state index is 0.0543. The smallest absolute Gasteiger partial charge is 0.200 e. The van der Waals surface area contributed by atoms with Crippen molar-refractivity contribution in [2.24, 2.45) is 0 Å². The largest absolute Gasteiger partial charge is 0.502 e. The fourth-order valence-corrected chi connectivity index (χ4v) is 2.25. The van der Waals surface area contributed by atoms with Gasteiger partial charge in [-0.25, -0.2) is 0 Å². The lowest BCUT2D eigenvalue weighted by Gasteiger charge is -2.39. The molecule has 0 aromatic heterocycles. The van der Waals surface area contributed by atoms with E-state index in [4.69, 9.17) is 9.47 Å². The number of hydrogen-bond donors (Lipinski definition) is 2. The van der Waals surface area contributed by atoms with Gasteiger partial charge in [-0.3, -0.25) is 0 Å². The monoisotopic (exact) mass is 251 g/mol. The number of benzene rings is 1. The number of ether oxygens (including phenoxy) is 2. The minimum Gasteiger partial charge on any atom is -0.502 e. The molecular weight excluding hydrogens is 230 g/mol. The van der Waals surface area contributed by atoms with Crippen molar-refractivity contribution < 1.29 is 14.6 Å². The summed E-state index contributed by atoms with van der Waals surface area (Å²) in [5, 5.41) is 13.4. The molecule has 1 fully saturated rings. The highest BCUT2D eigenvalue weighted by Gasteiger charge is 2.30. The van der Waals surface area contributed by atoms with Crippen LogP contribution in [0, 0.1) is 0 Å². The van der Waals surface area contributed by atoms with Gasteiger partial charge in [0.1, 0.15) is 0 Å². The number of phenols is 1. The van der Waals surface area contributed by atoms with E-state index in [-0.39, 0.29) is 11.3 Å². The number of phenolic OH excluding ortho intramolecular Hbond substituents is 1. The van der Waals surface area contributed by atoms with Gasteiger partial charge in [0.25, 0.3) is 0 Å². The van der Waals surface area contributed by atoms with Crippen LogP contribution < -0.4 is 14.8 Å². The molecule has 2 N–H and O–H groups in total. The van der Waals surface area contributed by atoms with Crippen LogP contribution in [0.2, 0.25) is 0 Å². The van der Waals surface area contributed by atoms with E-state index in [9.17, 15) is 5.11 Å². The summed E-state index contributed by atoms with van der Waals surface area (Å²) in [4.78, 5) is 0. The summed E-state index contributed by atoms with van der Waals surface area (Å²) >= 11 is 0. The predicted molar refractivity (Wildman–Crippen MR) is 70.3 cm³/mol. The number of aromatic hydroxyl groups is 1. The number of rotatable bonds is 5. The van der Waals surface area contributed by atoms with E-state index in [1.165, 1.54) is 19.3 Å². The quantitative estimate of drug-likeness (QED) is 0.844. The van der Waals surface area contributed by atoms with Gasteiger partial charge in [0.2, 0.25) is 5.75 Å². The molecule has 0 unspecified atom stereocenters. The second kappa shape index (κ2) is 5.06. The van der Waals surface area contributed by atoms with Crippen molar-refractivity contribution in [2.45, 2.75) is 38.3 Å². The van der Waals surface area contributed by atoms with Gasteiger partial charge >= 0.3 is 0 Å². The Balaban J connectivity index is 2.12. The van der Waals surface area contributed by atoms with Gasteiger partial charge in [-0.2, -0.15) is 0 Å². The number of nitrogens with one attached hydrogen (secondary N) is 1. The molecular formula is C14H21NO3. The second-order valence-corrected chi connectivity index (χ2v) is 5.12. The SMILES string of the molecule is COc1cc(CNC2(C)CCC2)cc(OC)c1O. The van der Waals surface area contributed by atoms with Crippen LogP contribution in [-0.2, 0) is 6.54 Å². The maximum atomic E-state index is 9.83. The van der Waals surface area contributed by atoms with Crippen LogP contribution in [0.5, 0.6) is 17.2 Å². The molecule has 1 aliphatic carbocycles. The molecule has 1 saturated carbocycles. The fraction of sp³-hybridized carbons (Fsp3) is 0.571. The van der Waals surface area contributed by atoms with E-state index in [1.54, 1.807) is 14.2 Å². The van der Waals surface area contributed by atoms with Crippen molar-refractivity contribution in [3.8, 4) is 17.2 Å². The molecule has 2 rings (SSSR count). The summed E-state index contributed by atoms with van der Waals surface area (Å²) in [5.41, 5.74) is 1.31. The number of hydrogen-bond acceptors (Lipinski definition) is 4. The van der Waals surface area contributed by atoms with Gasteiger partial charge in [0.05, 0.1) is 14.2 Å². The molecule has 0 aliphatic heterocycles. The molecule has 4 heteroatoms. The molecule has 100 valence electrons. The summed E-state index contributed by atoms with van der Waals surface area (Å²) in [6.45, 7) is 2.99. The van der Waals surface area contributed by atoms with Crippen LogP contribution in [0.15, 0.2) is 12.1 Å².